The number of carbonyl (C=O) groups is 3. The highest BCUT2D eigenvalue weighted by atomic mass is 16.4. The zero-order chi connectivity index (χ0) is 19.2. The number of nitrogens with zero attached hydrogens (tertiary/aromatic N) is 1. The van der Waals surface area contributed by atoms with Crippen molar-refractivity contribution in [2.75, 3.05) is 23.7 Å². The first-order valence-corrected chi connectivity index (χ1v) is 9.72. The van der Waals surface area contributed by atoms with Crippen LogP contribution in [-0.2, 0) is 9.59 Å². The Bertz CT molecular complexity index is 681. The maximum absolute atomic E-state index is 12.3. The van der Waals surface area contributed by atoms with E-state index in [1.807, 2.05) is 4.90 Å². The molecule has 2 atom stereocenters. The van der Waals surface area contributed by atoms with E-state index in [4.69, 9.17) is 5.11 Å². The van der Waals surface area contributed by atoms with Crippen LogP contribution in [0, 0.1) is 11.8 Å². The number of carbonyl (C=O) groups excluding carboxylic acids is 2. The summed E-state index contributed by atoms with van der Waals surface area (Å²) in [6, 6.07) is 6.94. The fraction of sp³-hybridized carbons (Fsp3) is 0.550. The lowest BCUT2D eigenvalue weighted by Crippen LogP contribution is -2.35. The third kappa shape index (κ3) is 5.21. The Kier molecular flexibility index (Phi) is 6.32. The van der Waals surface area contributed by atoms with E-state index in [1.54, 1.807) is 24.3 Å². The van der Waals surface area contributed by atoms with Crippen LogP contribution in [0.1, 0.15) is 44.9 Å². The van der Waals surface area contributed by atoms with Crippen molar-refractivity contribution in [2.45, 2.75) is 44.9 Å². The van der Waals surface area contributed by atoms with Crippen molar-refractivity contribution in [3.05, 3.63) is 24.3 Å². The van der Waals surface area contributed by atoms with Gasteiger partial charge in [-0.15, -0.1) is 0 Å². The second-order valence-corrected chi connectivity index (χ2v) is 7.44. The van der Waals surface area contributed by atoms with Crippen LogP contribution in [0.4, 0.5) is 16.2 Å². The van der Waals surface area contributed by atoms with Crippen molar-refractivity contribution in [3.8, 4) is 0 Å². The zero-order valence-electron chi connectivity index (χ0n) is 15.4. The number of amides is 3. The molecule has 1 saturated heterocycles. The van der Waals surface area contributed by atoms with Crippen LogP contribution >= 0.6 is 0 Å². The first-order valence-electron chi connectivity index (χ1n) is 9.72. The Balaban J connectivity index is 1.50. The van der Waals surface area contributed by atoms with Gasteiger partial charge in [-0.2, -0.15) is 0 Å². The lowest BCUT2D eigenvalue weighted by Gasteiger charge is -2.20. The molecule has 3 amide bonds. The van der Waals surface area contributed by atoms with Crippen molar-refractivity contribution < 1.29 is 19.5 Å². The molecular formula is C20H27N3O4. The topological polar surface area (TPSA) is 98.7 Å². The Hall–Kier alpha value is -2.57. The lowest BCUT2D eigenvalue weighted by atomic mass is 10.0. The van der Waals surface area contributed by atoms with Gasteiger partial charge < -0.3 is 20.6 Å². The summed E-state index contributed by atoms with van der Waals surface area (Å²) < 4.78 is 0. The first-order chi connectivity index (χ1) is 13.0. The molecule has 146 valence electrons. The third-order valence-electron chi connectivity index (χ3n) is 5.45. The summed E-state index contributed by atoms with van der Waals surface area (Å²) in [7, 11) is 0. The van der Waals surface area contributed by atoms with Crippen LogP contribution in [0.25, 0.3) is 0 Å². The number of aliphatic carboxylic acids is 1. The zero-order valence-corrected chi connectivity index (χ0v) is 15.4. The smallest absolute Gasteiger partial charge is 0.321 e. The van der Waals surface area contributed by atoms with Gasteiger partial charge in [0.2, 0.25) is 5.91 Å². The Morgan fingerprint density at radius 2 is 1.41 bits per heavy atom. The highest BCUT2D eigenvalue weighted by molar-refractivity contribution is 5.94. The lowest BCUT2D eigenvalue weighted by molar-refractivity contribution is -0.141. The van der Waals surface area contributed by atoms with E-state index in [1.165, 1.54) is 12.8 Å². The van der Waals surface area contributed by atoms with Crippen molar-refractivity contribution in [2.24, 2.45) is 11.8 Å². The quantitative estimate of drug-likeness (QED) is 0.752. The van der Waals surface area contributed by atoms with Gasteiger partial charge in [0.05, 0.1) is 5.92 Å². The number of hydrogen-bond donors (Lipinski definition) is 3. The fourth-order valence-electron chi connectivity index (χ4n) is 3.80. The molecule has 27 heavy (non-hydrogen) atoms. The summed E-state index contributed by atoms with van der Waals surface area (Å²) in [6.45, 7) is 1.58. The molecular weight excluding hydrogens is 346 g/mol. The largest absolute Gasteiger partial charge is 0.481 e. The molecule has 0 bridgehead atoms. The normalized spacial score (nSPS) is 22.7. The molecule has 3 rings (SSSR count). The maximum Gasteiger partial charge on any atom is 0.321 e. The molecule has 2 fully saturated rings. The minimum atomic E-state index is -0.824. The van der Waals surface area contributed by atoms with E-state index in [2.05, 4.69) is 10.6 Å². The Labute approximate surface area is 159 Å². The predicted molar refractivity (Wildman–Crippen MR) is 103 cm³/mol. The molecule has 7 heteroatoms. The van der Waals surface area contributed by atoms with Gasteiger partial charge in [0.25, 0.3) is 0 Å². The van der Waals surface area contributed by atoms with Gasteiger partial charge in [-0.05, 0) is 56.4 Å². The predicted octanol–water partition coefficient (Wildman–Crippen LogP) is 3.53. The number of benzene rings is 1. The van der Waals surface area contributed by atoms with E-state index in [9.17, 15) is 14.4 Å². The van der Waals surface area contributed by atoms with Crippen LogP contribution in [0.3, 0.4) is 0 Å². The molecule has 0 radical (unpaired) electrons. The van der Waals surface area contributed by atoms with Crippen LogP contribution in [0.15, 0.2) is 24.3 Å². The molecule has 7 nitrogen and oxygen atoms in total. The van der Waals surface area contributed by atoms with Crippen LogP contribution in [-0.4, -0.2) is 41.0 Å². The fourth-order valence-corrected chi connectivity index (χ4v) is 3.80. The van der Waals surface area contributed by atoms with E-state index in [0.29, 0.717) is 30.6 Å². The summed E-state index contributed by atoms with van der Waals surface area (Å²) in [6.07, 6.45) is 5.98. The second kappa shape index (κ2) is 8.88. The minimum absolute atomic E-state index is 0.0839. The van der Waals surface area contributed by atoms with Crippen LogP contribution < -0.4 is 10.6 Å². The molecule has 1 saturated carbocycles. The number of nitrogens with one attached hydrogen (secondary N) is 2. The monoisotopic (exact) mass is 373 g/mol. The van der Waals surface area contributed by atoms with E-state index < -0.39 is 11.9 Å². The van der Waals surface area contributed by atoms with E-state index in [0.717, 1.165) is 25.9 Å². The molecule has 1 aliphatic heterocycles. The van der Waals surface area contributed by atoms with Crippen molar-refractivity contribution in [1.82, 2.24) is 4.90 Å². The molecule has 0 unspecified atom stereocenters. The molecule has 0 spiro atoms. The van der Waals surface area contributed by atoms with Crippen LogP contribution in [0.2, 0.25) is 0 Å². The third-order valence-corrected chi connectivity index (χ3v) is 5.45. The van der Waals surface area contributed by atoms with Gasteiger partial charge in [-0.3, -0.25) is 9.59 Å². The minimum Gasteiger partial charge on any atom is -0.481 e. The number of carboxylic acid groups (broad SMARTS) is 1. The highest BCUT2D eigenvalue weighted by Crippen LogP contribution is 2.32. The number of rotatable bonds is 4. The van der Waals surface area contributed by atoms with E-state index >= 15 is 0 Å². The molecule has 1 aromatic rings. The van der Waals surface area contributed by atoms with E-state index in [-0.39, 0.29) is 17.9 Å². The number of anilines is 2. The van der Waals surface area contributed by atoms with Gasteiger partial charge >= 0.3 is 12.0 Å². The number of hydrogen-bond acceptors (Lipinski definition) is 3. The summed E-state index contributed by atoms with van der Waals surface area (Å²) >= 11 is 0. The molecule has 0 aromatic heterocycles. The van der Waals surface area contributed by atoms with Gasteiger partial charge in [-0.25, -0.2) is 4.79 Å². The molecule has 3 N–H and O–H groups in total. The number of carboxylic acids is 1. The van der Waals surface area contributed by atoms with Gasteiger partial charge in [0, 0.05) is 30.4 Å². The van der Waals surface area contributed by atoms with Crippen molar-refractivity contribution >= 4 is 29.3 Å². The molecule has 1 aromatic carbocycles. The van der Waals surface area contributed by atoms with Crippen molar-refractivity contribution in [3.63, 3.8) is 0 Å². The van der Waals surface area contributed by atoms with Gasteiger partial charge in [0.15, 0.2) is 0 Å². The first kappa shape index (κ1) is 19.2. The standard InChI is InChI=1S/C20H27N3O4/c24-18(14-5-6-15(13-14)19(25)26)21-16-7-9-17(10-8-16)22-20(27)23-11-3-1-2-4-12-23/h7-10,14-15H,1-6,11-13H2,(H,21,24)(H,22,27)(H,25,26)/t14-,15+/m0/s1. The van der Waals surface area contributed by atoms with Gasteiger partial charge in [0.1, 0.15) is 0 Å². The molecule has 1 heterocycles. The summed E-state index contributed by atoms with van der Waals surface area (Å²) in [5.74, 6) is -1.64. The molecule has 1 aliphatic carbocycles. The summed E-state index contributed by atoms with van der Waals surface area (Å²) in [4.78, 5) is 37.5. The van der Waals surface area contributed by atoms with Gasteiger partial charge in [-0.1, -0.05) is 12.8 Å². The SMILES string of the molecule is O=C(O)[C@@H]1CC[C@H](C(=O)Nc2ccc(NC(=O)N3CCCCCC3)cc2)C1. The summed E-state index contributed by atoms with van der Waals surface area (Å²) in [5, 5.41) is 14.8. The average Bonchev–Trinajstić information content (AvgIpc) is 3.00. The highest BCUT2D eigenvalue weighted by Gasteiger charge is 2.33. The van der Waals surface area contributed by atoms with Crippen molar-refractivity contribution in [1.29, 1.82) is 0 Å². The Morgan fingerprint density at radius 1 is 0.852 bits per heavy atom. The second-order valence-electron chi connectivity index (χ2n) is 7.44. The van der Waals surface area contributed by atoms with Crippen LogP contribution in [0.5, 0.6) is 0 Å². The number of likely N-dealkylation sites (tertiary alicyclic amines) is 1. The molecule has 2 aliphatic rings. The summed E-state index contributed by atoms with van der Waals surface area (Å²) in [5.41, 5.74) is 1.33. The number of urea groups is 1. The average molecular weight is 373 g/mol. The Morgan fingerprint density at radius 3 is 1.96 bits per heavy atom. The maximum atomic E-state index is 12.3.